The van der Waals surface area contributed by atoms with Crippen molar-refractivity contribution in [3.05, 3.63) is 58.4 Å². The lowest BCUT2D eigenvalue weighted by atomic mass is 9.95. The fraction of sp³-hybridized carbons (Fsp3) is 0.200. The van der Waals surface area contributed by atoms with Crippen molar-refractivity contribution < 1.29 is 31.1 Å². The van der Waals surface area contributed by atoms with Gasteiger partial charge in [-0.25, -0.2) is 4.98 Å². The number of halogens is 7. The van der Waals surface area contributed by atoms with Crippen LogP contribution in [0.15, 0.2) is 36.4 Å². The number of rotatable bonds is 3. The Morgan fingerprint density at radius 2 is 1.68 bits per heavy atom. The summed E-state index contributed by atoms with van der Waals surface area (Å²) in [5.74, 6) is -2.06. The molecule has 0 saturated heterocycles. The number of aromatic nitrogens is 1. The van der Waals surface area contributed by atoms with E-state index in [0.717, 1.165) is 12.1 Å². The van der Waals surface area contributed by atoms with Crippen LogP contribution in [0.5, 0.6) is 5.75 Å². The van der Waals surface area contributed by atoms with Gasteiger partial charge in [-0.2, -0.15) is 18.4 Å². The van der Waals surface area contributed by atoms with Crippen molar-refractivity contribution in [2.75, 3.05) is 0 Å². The van der Waals surface area contributed by atoms with Gasteiger partial charge in [-0.05, 0) is 18.2 Å². The summed E-state index contributed by atoms with van der Waals surface area (Å²) in [6, 6.07) is 7.97. The molecule has 2 rings (SSSR count). The van der Waals surface area contributed by atoms with Crippen LogP contribution in [0.3, 0.4) is 0 Å². The molecule has 1 heterocycles. The fourth-order valence-corrected chi connectivity index (χ4v) is 2.32. The van der Waals surface area contributed by atoms with Crippen LogP contribution in [0.4, 0.5) is 26.3 Å². The minimum absolute atomic E-state index is 0.203. The van der Waals surface area contributed by atoms with Gasteiger partial charge in [0.1, 0.15) is 16.8 Å². The Balaban J connectivity index is 2.49. The third-order valence-electron chi connectivity index (χ3n) is 3.06. The predicted molar refractivity (Wildman–Crippen MR) is 74.8 cm³/mol. The third kappa shape index (κ3) is 4.54. The lowest BCUT2D eigenvalue weighted by Crippen LogP contribution is -2.19. The molecule has 0 spiro atoms. The van der Waals surface area contributed by atoms with Crippen molar-refractivity contribution >= 4 is 11.6 Å². The second-order valence-electron chi connectivity index (χ2n) is 4.72. The van der Waals surface area contributed by atoms with Crippen molar-refractivity contribution in [3.63, 3.8) is 0 Å². The highest BCUT2D eigenvalue weighted by Gasteiger charge is 2.36. The minimum atomic E-state index is -5.00. The van der Waals surface area contributed by atoms with Crippen LogP contribution in [-0.2, 0) is 6.18 Å². The summed E-state index contributed by atoms with van der Waals surface area (Å²) in [4.78, 5) is 3.51. The minimum Gasteiger partial charge on any atom is -0.405 e. The highest BCUT2D eigenvalue weighted by Crippen LogP contribution is 2.37. The first kappa shape index (κ1) is 18.9. The number of nitriles is 1. The molecule has 1 aromatic carbocycles. The van der Waals surface area contributed by atoms with Crippen molar-refractivity contribution in [1.82, 2.24) is 4.98 Å². The lowest BCUT2D eigenvalue weighted by Gasteiger charge is -2.17. The van der Waals surface area contributed by atoms with E-state index in [0.29, 0.717) is 6.07 Å². The van der Waals surface area contributed by atoms with E-state index in [4.69, 9.17) is 11.6 Å². The summed E-state index contributed by atoms with van der Waals surface area (Å²) in [6.07, 6.45) is -9.75. The maximum Gasteiger partial charge on any atom is 0.573 e. The Bertz CT molecular complexity index is 813. The van der Waals surface area contributed by atoms with Crippen LogP contribution in [0, 0.1) is 11.3 Å². The maximum absolute atomic E-state index is 12.7. The summed E-state index contributed by atoms with van der Waals surface area (Å²) in [6.45, 7) is 0. The summed E-state index contributed by atoms with van der Waals surface area (Å²) < 4.78 is 79.4. The molecule has 1 aromatic heterocycles. The molecule has 132 valence electrons. The van der Waals surface area contributed by atoms with Crippen LogP contribution in [0.2, 0.25) is 5.15 Å². The van der Waals surface area contributed by atoms with Gasteiger partial charge in [0.15, 0.2) is 0 Å². The Morgan fingerprint density at radius 1 is 1.04 bits per heavy atom. The van der Waals surface area contributed by atoms with Gasteiger partial charge in [-0.15, -0.1) is 13.2 Å². The number of para-hydroxylation sites is 1. The maximum atomic E-state index is 12.7. The second-order valence-corrected chi connectivity index (χ2v) is 5.08. The number of alkyl halides is 6. The first-order valence-corrected chi connectivity index (χ1v) is 6.88. The number of ether oxygens (including phenoxy) is 1. The number of nitrogens with zero attached hydrogens (tertiary/aromatic N) is 2. The number of hydrogen-bond donors (Lipinski definition) is 0. The molecular formula is C15H7ClF6N2O. The molecule has 0 fully saturated rings. The van der Waals surface area contributed by atoms with Gasteiger partial charge in [-0.1, -0.05) is 29.8 Å². The summed E-state index contributed by atoms with van der Waals surface area (Å²) in [5, 5.41) is 8.38. The van der Waals surface area contributed by atoms with Crippen molar-refractivity contribution in [3.8, 4) is 11.8 Å². The van der Waals surface area contributed by atoms with Crippen LogP contribution >= 0.6 is 11.6 Å². The molecular weight excluding hydrogens is 374 g/mol. The topological polar surface area (TPSA) is 45.9 Å². The number of benzene rings is 1. The van der Waals surface area contributed by atoms with Gasteiger partial charge in [-0.3, -0.25) is 0 Å². The third-order valence-corrected chi connectivity index (χ3v) is 3.34. The van der Waals surface area contributed by atoms with Crippen molar-refractivity contribution in [2.45, 2.75) is 18.5 Å². The second kappa shape index (κ2) is 6.80. The van der Waals surface area contributed by atoms with E-state index >= 15 is 0 Å². The monoisotopic (exact) mass is 380 g/mol. The normalized spacial score (nSPS) is 13.2. The quantitative estimate of drug-likeness (QED) is 0.535. The molecule has 0 aliphatic heterocycles. The first-order chi connectivity index (χ1) is 11.5. The van der Waals surface area contributed by atoms with Gasteiger partial charge in [0, 0.05) is 5.56 Å². The smallest absolute Gasteiger partial charge is 0.405 e. The first-order valence-electron chi connectivity index (χ1n) is 6.51. The van der Waals surface area contributed by atoms with Crippen LogP contribution in [-0.4, -0.2) is 11.3 Å². The van der Waals surface area contributed by atoms with E-state index < -0.39 is 34.9 Å². The standard InChI is InChI=1S/C15H7ClF6N2O/c16-13-10(14(17,18)19)5-6-11(24-13)9(7-23)8-3-1-2-4-12(8)25-15(20,21)22/h1-6,9H. The highest BCUT2D eigenvalue weighted by molar-refractivity contribution is 6.30. The van der Waals surface area contributed by atoms with Crippen LogP contribution < -0.4 is 4.74 Å². The Morgan fingerprint density at radius 3 is 2.20 bits per heavy atom. The molecule has 0 aliphatic rings. The molecule has 1 atom stereocenters. The SMILES string of the molecule is N#CC(c1ccc(C(F)(F)F)c(Cl)n1)c1ccccc1OC(F)(F)F. The van der Waals surface area contributed by atoms with Gasteiger partial charge in [0.05, 0.1) is 17.3 Å². The Labute approximate surface area is 142 Å². The van der Waals surface area contributed by atoms with Crippen LogP contribution in [0.25, 0.3) is 0 Å². The van der Waals surface area contributed by atoms with Crippen molar-refractivity contribution in [2.24, 2.45) is 0 Å². The average Bonchev–Trinajstić information content (AvgIpc) is 2.47. The molecule has 0 amide bonds. The molecule has 0 saturated carbocycles. The zero-order valence-corrected chi connectivity index (χ0v) is 12.7. The van der Waals surface area contributed by atoms with E-state index in [9.17, 15) is 31.6 Å². The average molecular weight is 381 g/mol. The fourth-order valence-electron chi connectivity index (χ4n) is 2.05. The molecule has 10 heteroatoms. The van der Waals surface area contributed by atoms with Crippen LogP contribution in [0.1, 0.15) is 22.7 Å². The zero-order valence-electron chi connectivity index (χ0n) is 12.0. The Kier molecular flexibility index (Phi) is 5.13. The van der Waals surface area contributed by atoms with E-state index in [2.05, 4.69) is 9.72 Å². The highest BCUT2D eigenvalue weighted by atomic mass is 35.5. The van der Waals surface area contributed by atoms with Gasteiger partial charge >= 0.3 is 12.5 Å². The number of hydrogen-bond acceptors (Lipinski definition) is 3. The summed E-state index contributed by atoms with van der Waals surface area (Å²) in [7, 11) is 0. The van der Waals surface area contributed by atoms with E-state index in [-0.39, 0.29) is 11.3 Å². The van der Waals surface area contributed by atoms with Crippen molar-refractivity contribution in [1.29, 1.82) is 5.26 Å². The van der Waals surface area contributed by atoms with E-state index in [1.54, 1.807) is 6.07 Å². The molecule has 0 aliphatic carbocycles. The molecule has 3 nitrogen and oxygen atoms in total. The molecule has 0 N–H and O–H groups in total. The van der Waals surface area contributed by atoms with Gasteiger partial charge in [0.25, 0.3) is 0 Å². The molecule has 25 heavy (non-hydrogen) atoms. The van der Waals surface area contributed by atoms with E-state index in [1.807, 2.05) is 0 Å². The predicted octanol–water partition coefficient (Wildman–Crippen LogP) is 5.31. The molecule has 1 unspecified atom stereocenters. The summed E-state index contributed by atoms with van der Waals surface area (Å²) in [5.41, 5.74) is -1.65. The Hall–Kier alpha value is -2.47. The summed E-state index contributed by atoms with van der Waals surface area (Å²) >= 11 is 5.50. The van der Waals surface area contributed by atoms with Gasteiger partial charge < -0.3 is 4.74 Å². The van der Waals surface area contributed by atoms with Gasteiger partial charge in [0.2, 0.25) is 0 Å². The molecule has 2 aromatic rings. The zero-order chi connectivity index (χ0) is 18.8. The largest absolute Gasteiger partial charge is 0.573 e. The molecule has 0 radical (unpaired) electrons. The molecule has 0 bridgehead atoms. The number of pyridine rings is 1. The van der Waals surface area contributed by atoms with E-state index in [1.165, 1.54) is 18.2 Å². The lowest BCUT2D eigenvalue weighted by molar-refractivity contribution is -0.274.